The van der Waals surface area contributed by atoms with Gasteiger partial charge in [-0.3, -0.25) is 0 Å². The van der Waals surface area contributed by atoms with Crippen molar-refractivity contribution in [2.75, 3.05) is 17.7 Å². The zero-order chi connectivity index (χ0) is 13.0. The summed E-state index contributed by atoms with van der Waals surface area (Å²) in [7, 11) is 1.84. The zero-order valence-corrected chi connectivity index (χ0v) is 12.0. The molecule has 0 radical (unpaired) electrons. The van der Waals surface area contributed by atoms with E-state index in [0.29, 0.717) is 0 Å². The summed E-state index contributed by atoms with van der Waals surface area (Å²) in [4.78, 5) is 8.29. The Morgan fingerprint density at radius 2 is 1.94 bits per heavy atom. The zero-order valence-electron chi connectivity index (χ0n) is 10.4. The van der Waals surface area contributed by atoms with Crippen molar-refractivity contribution in [2.24, 2.45) is 0 Å². The molecule has 4 nitrogen and oxygen atoms in total. The number of nitrogens with one attached hydrogen (secondary N) is 2. The quantitative estimate of drug-likeness (QED) is 0.906. The van der Waals surface area contributed by atoms with Crippen molar-refractivity contribution >= 4 is 33.3 Å². The summed E-state index contributed by atoms with van der Waals surface area (Å²) in [6.45, 7) is 2.13. The maximum absolute atomic E-state index is 4.21. The van der Waals surface area contributed by atoms with E-state index in [2.05, 4.69) is 49.5 Å². The van der Waals surface area contributed by atoms with Gasteiger partial charge in [-0.05, 0) is 30.2 Å². The van der Waals surface area contributed by atoms with E-state index in [-0.39, 0.29) is 0 Å². The van der Waals surface area contributed by atoms with Crippen LogP contribution in [0.2, 0.25) is 0 Å². The molecule has 18 heavy (non-hydrogen) atoms. The van der Waals surface area contributed by atoms with Crippen LogP contribution in [0.15, 0.2) is 35.1 Å². The SMILES string of the molecule is CCc1cc(Br)ccc1Nc1cc(NC)ncn1. The van der Waals surface area contributed by atoms with Crippen LogP contribution < -0.4 is 10.6 Å². The highest BCUT2D eigenvalue weighted by atomic mass is 79.9. The lowest BCUT2D eigenvalue weighted by Gasteiger charge is -2.11. The topological polar surface area (TPSA) is 49.8 Å². The van der Waals surface area contributed by atoms with E-state index in [4.69, 9.17) is 0 Å². The van der Waals surface area contributed by atoms with E-state index in [0.717, 1.165) is 28.2 Å². The Labute approximate surface area is 115 Å². The van der Waals surface area contributed by atoms with Crippen LogP contribution in [0.4, 0.5) is 17.3 Å². The molecular formula is C13H15BrN4. The maximum Gasteiger partial charge on any atom is 0.135 e. The largest absolute Gasteiger partial charge is 0.373 e. The van der Waals surface area contributed by atoms with Crippen LogP contribution in [0.3, 0.4) is 0 Å². The first-order valence-electron chi connectivity index (χ1n) is 5.78. The van der Waals surface area contributed by atoms with Crippen LogP contribution in [0.5, 0.6) is 0 Å². The van der Waals surface area contributed by atoms with E-state index in [9.17, 15) is 0 Å². The Morgan fingerprint density at radius 1 is 1.17 bits per heavy atom. The van der Waals surface area contributed by atoms with Gasteiger partial charge in [0.2, 0.25) is 0 Å². The summed E-state index contributed by atoms with van der Waals surface area (Å²) < 4.78 is 1.09. The molecule has 2 aromatic rings. The van der Waals surface area contributed by atoms with Gasteiger partial charge in [0.05, 0.1) is 0 Å². The molecule has 1 heterocycles. The fourth-order valence-corrected chi connectivity index (χ4v) is 2.09. The number of aromatic nitrogens is 2. The molecule has 0 fully saturated rings. The van der Waals surface area contributed by atoms with Gasteiger partial charge in [-0.15, -0.1) is 0 Å². The molecule has 2 N–H and O–H groups in total. The molecule has 94 valence electrons. The van der Waals surface area contributed by atoms with Crippen molar-refractivity contribution in [3.8, 4) is 0 Å². The van der Waals surface area contributed by atoms with Gasteiger partial charge in [0.25, 0.3) is 0 Å². The number of hydrogen-bond donors (Lipinski definition) is 2. The van der Waals surface area contributed by atoms with Crippen LogP contribution in [-0.4, -0.2) is 17.0 Å². The lowest BCUT2D eigenvalue weighted by atomic mass is 10.1. The molecule has 0 spiro atoms. The first kappa shape index (κ1) is 12.8. The average molecular weight is 307 g/mol. The van der Waals surface area contributed by atoms with Gasteiger partial charge in [-0.25, -0.2) is 9.97 Å². The van der Waals surface area contributed by atoms with E-state index in [1.54, 1.807) is 6.33 Å². The van der Waals surface area contributed by atoms with Crippen LogP contribution in [0.1, 0.15) is 12.5 Å². The molecule has 0 saturated heterocycles. The minimum Gasteiger partial charge on any atom is -0.373 e. The first-order valence-corrected chi connectivity index (χ1v) is 6.57. The summed E-state index contributed by atoms with van der Waals surface area (Å²) in [6.07, 6.45) is 2.50. The van der Waals surface area contributed by atoms with Gasteiger partial charge in [-0.2, -0.15) is 0 Å². The third-order valence-electron chi connectivity index (χ3n) is 2.63. The van der Waals surface area contributed by atoms with Crippen molar-refractivity contribution in [3.63, 3.8) is 0 Å². The maximum atomic E-state index is 4.21. The van der Waals surface area contributed by atoms with Crippen molar-refractivity contribution in [2.45, 2.75) is 13.3 Å². The van der Waals surface area contributed by atoms with Gasteiger partial charge >= 0.3 is 0 Å². The highest BCUT2D eigenvalue weighted by molar-refractivity contribution is 9.10. The Balaban J connectivity index is 2.27. The monoisotopic (exact) mass is 306 g/mol. The van der Waals surface area contributed by atoms with E-state index in [1.165, 1.54) is 5.56 Å². The molecule has 0 aliphatic heterocycles. The Kier molecular flexibility index (Phi) is 4.15. The van der Waals surface area contributed by atoms with Gasteiger partial charge in [0.15, 0.2) is 0 Å². The molecule has 0 bridgehead atoms. The number of halogens is 1. The summed E-state index contributed by atoms with van der Waals surface area (Å²) in [6, 6.07) is 8.05. The lowest BCUT2D eigenvalue weighted by molar-refractivity contribution is 1.12. The molecule has 1 aromatic heterocycles. The normalized spacial score (nSPS) is 10.2. The smallest absolute Gasteiger partial charge is 0.135 e. The molecule has 2 rings (SSSR count). The lowest BCUT2D eigenvalue weighted by Crippen LogP contribution is -2.00. The van der Waals surface area contributed by atoms with Crippen LogP contribution in [0.25, 0.3) is 0 Å². The molecular weight excluding hydrogens is 292 g/mol. The summed E-state index contributed by atoms with van der Waals surface area (Å²) in [5.41, 5.74) is 2.32. The van der Waals surface area contributed by atoms with E-state index in [1.807, 2.05) is 25.2 Å². The molecule has 0 unspecified atom stereocenters. The van der Waals surface area contributed by atoms with Crippen LogP contribution in [0, 0.1) is 0 Å². The summed E-state index contributed by atoms with van der Waals surface area (Å²) in [5, 5.41) is 6.31. The Hall–Kier alpha value is -1.62. The van der Waals surface area contributed by atoms with Crippen LogP contribution in [-0.2, 0) is 6.42 Å². The predicted octanol–water partition coefficient (Wildman–Crippen LogP) is 3.59. The predicted molar refractivity (Wildman–Crippen MR) is 78.4 cm³/mol. The number of hydrogen-bond acceptors (Lipinski definition) is 4. The van der Waals surface area contributed by atoms with E-state index >= 15 is 0 Å². The second kappa shape index (κ2) is 5.82. The molecule has 0 amide bonds. The Bertz CT molecular complexity index is 542. The number of rotatable bonds is 4. The van der Waals surface area contributed by atoms with Gasteiger partial charge in [0.1, 0.15) is 18.0 Å². The van der Waals surface area contributed by atoms with Crippen molar-refractivity contribution in [3.05, 3.63) is 40.6 Å². The summed E-state index contributed by atoms with van der Waals surface area (Å²) in [5.74, 6) is 1.58. The molecule has 0 atom stereocenters. The highest BCUT2D eigenvalue weighted by Crippen LogP contribution is 2.24. The number of nitrogens with zero attached hydrogens (tertiary/aromatic N) is 2. The number of benzene rings is 1. The minimum atomic E-state index is 0.784. The highest BCUT2D eigenvalue weighted by Gasteiger charge is 2.03. The van der Waals surface area contributed by atoms with Crippen molar-refractivity contribution in [1.82, 2.24) is 9.97 Å². The average Bonchev–Trinajstić information content (AvgIpc) is 2.41. The summed E-state index contributed by atoms with van der Waals surface area (Å²) >= 11 is 3.48. The van der Waals surface area contributed by atoms with Crippen molar-refractivity contribution < 1.29 is 0 Å². The fourth-order valence-electron chi connectivity index (χ4n) is 1.68. The van der Waals surface area contributed by atoms with E-state index < -0.39 is 0 Å². The number of aryl methyl sites for hydroxylation is 1. The van der Waals surface area contributed by atoms with Gasteiger partial charge in [0, 0.05) is 23.3 Å². The second-order valence-corrected chi connectivity index (χ2v) is 4.73. The standard InChI is InChI=1S/C13H15BrN4/c1-3-9-6-10(14)4-5-11(9)18-13-7-12(15-2)16-8-17-13/h4-8H,3H2,1-2H3,(H2,15,16,17,18). The molecule has 5 heteroatoms. The van der Waals surface area contributed by atoms with Crippen LogP contribution >= 0.6 is 15.9 Å². The fraction of sp³-hybridized carbons (Fsp3) is 0.231. The molecule has 0 aliphatic carbocycles. The number of anilines is 3. The third kappa shape index (κ3) is 2.98. The molecule has 0 aliphatic rings. The van der Waals surface area contributed by atoms with Crippen molar-refractivity contribution in [1.29, 1.82) is 0 Å². The third-order valence-corrected chi connectivity index (χ3v) is 3.13. The van der Waals surface area contributed by atoms with Gasteiger partial charge in [-0.1, -0.05) is 22.9 Å². The first-order chi connectivity index (χ1) is 8.72. The second-order valence-electron chi connectivity index (χ2n) is 3.82. The molecule has 1 aromatic carbocycles. The van der Waals surface area contributed by atoms with Gasteiger partial charge < -0.3 is 10.6 Å². The Morgan fingerprint density at radius 3 is 2.67 bits per heavy atom. The minimum absolute atomic E-state index is 0.784. The molecule has 0 saturated carbocycles.